The van der Waals surface area contributed by atoms with E-state index in [0.717, 1.165) is 0 Å². The van der Waals surface area contributed by atoms with E-state index in [1.807, 2.05) is 0 Å². The van der Waals surface area contributed by atoms with Gasteiger partial charge in [-0.2, -0.15) is 0 Å². The Labute approximate surface area is 86.1 Å². The van der Waals surface area contributed by atoms with Gasteiger partial charge in [0.25, 0.3) is 5.69 Å². The van der Waals surface area contributed by atoms with Gasteiger partial charge in [-0.1, -0.05) is 0 Å². The molecule has 0 saturated heterocycles. The van der Waals surface area contributed by atoms with Gasteiger partial charge in [0.05, 0.1) is 4.92 Å². The largest absolute Gasteiger partial charge is 0.396 e. The lowest BCUT2D eigenvalue weighted by molar-refractivity contribution is -0.384. The molecule has 0 bridgehead atoms. The average Bonchev–Trinajstić information content (AvgIpc) is 2.18. The number of hydrogen-bond donors (Lipinski definition) is 3. The highest BCUT2D eigenvalue weighted by molar-refractivity contribution is 5.34. The van der Waals surface area contributed by atoms with Crippen molar-refractivity contribution in [2.24, 2.45) is 5.73 Å². The molecule has 15 heavy (non-hydrogen) atoms. The highest BCUT2D eigenvalue weighted by Crippen LogP contribution is 2.21. The van der Waals surface area contributed by atoms with Crippen LogP contribution in [0.5, 0.6) is 0 Å². The van der Waals surface area contributed by atoms with Crippen molar-refractivity contribution >= 4 is 5.69 Å². The van der Waals surface area contributed by atoms with Gasteiger partial charge in [-0.05, 0) is 17.7 Å². The number of nitrogens with zero attached hydrogens (tertiary/aromatic N) is 1. The number of nitro groups is 1. The first-order chi connectivity index (χ1) is 6.97. The monoisotopic (exact) mass is 212 g/mol. The summed E-state index contributed by atoms with van der Waals surface area (Å²) >= 11 is 0. The van der Waals surface area contributed by atoms with Crippen molar-refractivity contribution in [1.82, 2.24) is 0 Å². The third-order valence-electron chi connectivity index (χ3n) is 2.07. The van der Waals surface area contributed by atoms with E-state index in [2.05, 4.69) is 0 Å². The molecule has 0 spiro atoms. The smallest absolute Gasteiger partial charge is 0.269 e. The van der Waals surface area contributed by atoms with Gasteiger partial charge in [-0.25, -0.2) is 0 Å². The van der Waals surface area contributed by atoms with Crippen LogP contribution in [0.4, 0.5) is 5.69 Å². The van der Waals surface area contributed by atoms with Crippen LogP contribution in [-0.2, 0) is 5.72 Å². The molecule has 4 N–H and O–H groups in total. The molecule has 82 valence electrons. The summed E-state index contributed by atoms with van der Waals surface area (Å²) in [6.45, 7) is -0.260. The minimum absolute atomic E-state index is 0.0230. The fraction of sp³-hybridized carbons (Fsp3) is 0.333. The first-order valence-electron chi connectivity index (χ1n) is 4.34. The van der Waals surface area contributed by atoms with Gasteiger partial charge in [-0.3, -0.25) is 15.8 Å². The van der Waals surface area contributed by atoms with Crippen LogP contribution in [0.25, 0.3) is 0 Å². The molecular formula is C9H12N2O4. The summed E-state index contributed by atoms with van der Waals surface area (Å²) in [5.41, 5.74) is 4.12. The molecule has 6 nitrogen and oxygen atoms in total. The molecule has 0 radical (unpaired) electrons. The summed E-state index contributed by atoms with van der Waals surface area (Å²) in [5, 5.41) is 28.7. The molecular weight excluding hydrogens is 200 g/mol. The minimum Gasteiger partial charge on any atom is -0.396 e. The first-order valence-corrected chi connectivity index (χ1v) is 4.34. The zero-order valence-corrected chi connectivity index (χ0v) is 7.96. The Kier molecular flexibility index (Phi) is 3.35. The second-order valence-electron chi connectivity index (χ2n) is 3.20. The number of non-ortho nitro benzene ring substituents is 1. The van der Waals surface area contributed by atoms with Gasteiger partial charge in [-0.15, -0.1) is 0 Å². The van der Waals surface area contributed by atoms with Crippen molar-refractivity contribution < 1.29 is 15.1 Å². The fourth-order valence-electron chi connectivity index (χ4n) is 1.19. The lowest BCUT2D eigenvalue weighted by Gasteiger charge is -2.22. The van der Waals surface area contributed by atoms with E-state index in [1.165, 1.54) is 24.3 Å². The summed E-state index contributed by atoms with van der Waals surface area (Å²) in [4.78, 5) is 9.82. The Bertz CT molecular complexity index is 348. The second-order valence-corrected chi connectivity index (χ2v) is 3.20. The molecule has 0 aromatic heterocycles. The third-order valence-corrected chi connectivity index (χ3v) is 2.07. The summed E-state index contributed by atoms with van der Waals surface area (Å²) in [5.74, 6) is 0. The molecule has 1 unspecified atom stereocenters. The van der Waals surface area contributed by atoms with Crippen LogP contribution in [0.1, 0.15) is 12.0 Å². The van der Waals surface area contributed by atoms with Crippen molar-refractivity contribution in [1.29, 1.82) is 0 Å². The normalized spacial score (nSPS) is 14.6. The van der Waals surface area contributed by atoms with Gasteiger partial charge in [0.2, 0.25) is 0 Å². The highest BCUT2D eigenvalue weighted by atomic mass is 16.6. The van der Waals surface area contributed by atoms with Crippen LogP contribution < -0.4 is 5.73 Å². The number of rotatable bonds is 4. The van der Waals surface area contributed by atoms with Crippen LogP contribution in [-0.4, -0.2) is 21.7 Å². The number of aliphatic hydroxyl groups excluding tert-OH is 1. The van der Waals surface area contributed by atoms with Gasteiger partial charge >= 0.3 is 0 Å². The number of nitrogens with two attached hydrogens (primary N) is 1. The molecule has 6 heteroatoms. The molecule has 0 aliphatic carbocycles. The Morgan fingerprint density at radius 1 is 1.40 bits per heavy atom. The quantitative estimate of drug-likeness (QED) is 0.372. The maximum Gasteiger partial charge on any atom is 0.269 e. The third kappa shape index (κ3) is 2.72. The van der Waals surface area contributed by atoms with Gasteiger partial charge < -0.3 is 10.2 Å². The Morgan fingerprint density at radius 3 is 2.33 bits per heavy atom. The van der Waals surface area contributed by atoms with Crippen molar-refractivity contribution in [2.75, 3.05) is 6.61 Å². The molecule has 1 aromatic carbocycles. The number of aliphatic hydroxyl groups is 2. The highest BCUT2D eigenvalue weighted by Gasteiger charge is 2.23. The zero-order chi connectivity index (χ0) is 11.5. The molecule has 1 rings (SSSR count). The predicted octanol–water partition coefficient (Wildman–Crippen LogP) is 0.0810. The predicted molar refractivity (Wildman–Crippen MR) is 52.9 cm³/mol. The van der Waals surface area contributed by atoms with E-state index in [9.17, 15) is 15.2 Å². The van der Waals surface area contributed by atoms with Gasteiger partial charge in [0.1, 0.15) is 5.72 Å². The first kappa shape index (κ1) is 11.6. The van der Waals surface area contributed by atoms with Crippen LogP contribution in [0, 0.1) is 10.1 Å². The molecule has 0 aliphatic heterocycles. The fourth-order valence-corrected chi connectivity index (χ4v) is 1.19. The van der Waals surface area contributed by atoms with Crippen molar-refractivity contribution in [3.05, 3.63) is 39.9 Å². The second kappa shape index (κ2) is 4.35. The van der Waals surface area contributed by atoms with Crippen LogP contribution >= 0.6 is 0 Å². The number of nitro benzene ring substituents is 1. The Balaban J connectivity index is 2.93. The van der Waals surface area contributed by atoms with Crippen LogP contribution in [0.15, 0.2) is 24.3 Å². The van der Waals surface area contributed by atoms with E-state index >= 15 is 0 Å². The van der Waals surface area contributed by atoms with Crippen molar-refractivity contribution in [3.63, 3.8) is 0 Å². The minimum atomic E-state index is -1.65. The van der Waals surface area contributed by atoms with E-state index in [1.54, 1.807) is 0 Å². The molecule has 1 aromatic rings. The molecule has 0 fully saturated rings. The van der Waals surface area contributed by atoms with E-state index < -0.39 is 10.6 Å². The van der Waals surface area contributed by atoms with Crippen molar-refractivity contribution in [3.8, 4) is 0 Å². The zero-order valence-electron chi connectivity index (χ0n) is 7.96. The summed E-state index contributed by atoms with van der Waals surface area (Å²) < 4.78 is 0. The van der Waals surface area contributed by atoms with Crippen LogP contribution in [0.3, 0.4) is 0 Å². The maximum absolute atomic E-state index is 10.4. The van der Waals surface area contributed by atoms with Gasteiger partial charge in [0.15, 0.2) is 0 Å². The van der Waals surface area contributed by atoms with E-state index in [0.29, 0.717) is 5.56 Å². The van der Waals surface area contributed by atoms with Crippen molar-refractivity contribution in [2.45, 2.75) is 12.1 Å². The lowest BCUT2D eigenvalue weighted by atomic mass is 10.0. The summed E-state index contributed by atoms with van der Waals surface area (Å²) in [7, 11) is 0. The van der Waals surface area contributed by atoms with E-state index in [4.69, 9.17) is 10.8 Å². The molecule has 0 heterocycles. The standard InChI is InChI=1S/C9H12N2O4/c10-9(13,5-6-12)7-1-3-8(4-2-7)11(14)15/h1-4,12-13H,5-6,10H2. The molecule has 0 aliphatic rings. The SMILES string of the molecule is NC(O)(CCO)c1ccc([N+](=O)[O-])cc1. The molecule has 0 amide bonds. The Morgan fingerprint density at radius 2 is 1.93 bits per heavy atom. The van der Waals surface area contributed by atoms with Gasteiger partial charge in [0, 0.05) is 25.2 Å². The lowest BCUT2D eigenvalue weighted by Crippen LogP contribution is -2.37. The summed E-state index contributed by atoms with van der Waals surface area (Å²) in [6, 6.07) is 5.25. The topological polar surface area (TPSA) is 110 Å². The van der Waals surface area contributed by atoms with E-state index in [-0.39, 0.29) is 18.7 Å². The van der Waals surface area contributed by atoms with Crippen LogP contribution in [0.2, 0.25) is 0 Å². The Hall–Kier alpha value is -1.50. The molecule has 0 saturated carbocycles. The summed E-state index contributed by atoms with van der Waals surface area (Å²) in [6.07, 6.45) is -0.0230. The average molecular weight is 212 g/mol. The number of hydrogen-bond acceptors (Lipinski definition) is 5. The number of benzene rings is 1. The maximum atomic E-state index is 10.4. The molecule has 1 atom stereocenters.